The van der Waals surface area contributed by atoms with Gasteiger partial charge in [0.15, 0.2) is 0 Å². The Hall–Kier alpha value is -4.36. The van der Waals surface area contributed by atoms with Crippen LogP contribution in [-0.2, 0) is 27.5 Å². The predicted octanol–water partition coefficient (Wildman–Crippen LogP) is 4.66. The summed E-state index contributed by atoms with van der Waals surface area (Å²) in [5, 5.41) is 3.71. The third-order valence-electron chi connectivity index (χ3n) is 5.76. The van der Waals surface area contributed by atoms with Crippen LogP contribution >= 0.6 is 11.6 Å². The zero-order valence-corrected chi connectivity index (χ0v) is 19.8. The Morgan fingerprint density at radius 1 is 1.00 bits per heavy atom. The maximum Gasteiger partial charge on any atom is 0.333 e. The Kier molecular flexibility index (Phi) is 6.56. The van der Waals surface area contributed by atoms with Gasteiger partial charge >= 0.3 is 5.97 Å². The fourth-order valence-corrected chi connectivity index (χ4v) is 4.10. The molecule has 0 saturated carbocycles. The zero-order valence-electron chi connectivity index (χ0n) is 19.1. The number of nitrogens with one attached hydrogen (secondary N) is 1. The molecule has 8 heteroatoms. The number of halogens is 1. The van der Waals surface area contributed by atoms with Gasteiger partial charge in [0.05, 0.1) is 16.8 Å². The molecule has 5 rings (SSSR count). The van der Waals surface area contributed by atoms with Crippen LogP contribution in [0.1, 0.15) is 21.5 Å². The lowest BCUT2D eigenvalue weighted by Crippen LogP contribution is -2.31. The molecule has 1 N–H and O–H groups in total. The molecule has 1 amide bonds. The number of fused-ring (bicyclic) bond motifs is 1. The quantitative estimate of drug-likeness (QED) is 0.216. The second-order valence-electron chi connectivity index (χ2n) is 8.31. The number of rotatable bonds is 8. The van der Waals surface area contributed by atoms with E-state index >= 15 is 0 Å². The molecular formula is C28H21ClN2O5. The van der Waals surface area contributed by atoms with Crippen molar-refractivity contribution in [2.75, 3.05) is 6.61 Å². The van der Waals surface area contributed by atoms with E-state index in [4.69, 9.17) is 21.1 Å². The molecule has 2 heterocycles. The van der Waals surface area contributed by atoms with E-state index in [0.717, 1.165) is 22.7 Å². The molecule has 0 unspecified atom stereocenters. The Labute approximate surface area is 211 Å². The van der Waals surface area contributed by atoms with Gasteiger partial charge in [0.1, 0.15) is 19.0 Å². The highest BCUT2D eigenvalue weighted by Crippen LogP contribution is 2.28. The molecule has 1 aliphatic rings. The molecule has 0 radical (unpaired) electrons. The number of aromatic nitrogens is 1. The van der Waals surface area contributed by atoms with Crippen LogP contribution in [0.25, 0.3) is 10.9 Å². The van der Waals surface area contributed by atoms with E-state index in [9.17, 15) is 14.4 Å². The summed E-state index contributed by atoms with van der Waals surface area (Å²) in [7, 11) is 0. The van der Waals surface area contributed by atoms with Gasteiger partial charge in [-0.1, -0.05) is 54.1 Å². The van der Waals surface area contributed by atoms with Crippen molar-refractivity contribution in [2.24, 2.45) is 0 Å². The third kappa shape index (κ3) is 5.16. The first kappa shape index (κ1) is 23.4. The molecule has 1 aliphatic heterocycles. The molecule has 180 valence electrons. The topological polar surface area (TPSA) is 86.6 Å². The fourth-order valence-electron chi connectivity index (χ4n) is 3.97. The van der Waals surface area contributed by atoms with Gasteiger partial charge in [0, 0.05) is 35.3 Å². The summed E-state index contributed by atoms with van der Waals surface area (Å²) in [6, 6.07) is 22.6. The van der Waals surface area contributed by atoms with E-state index in [1.165, 1.54) is 0 Å². The van der Waals surface area contributed by atoms with Gasteiger partial charge in [-0.2, -0.15) is 0 Å². The van der Waals surface area contributed by atoms with Crippen molar-refractivity contribution < 1.29 is 23.9 Å². The lowest BCUT2D eigenvalue weighted by atomic mass is 10.1. The number of nitrogens with zero attached hydrogens (tertiary/aromatic N) is 1. The highest BCUT2D eigenvalue weighted by atomic mass is 35.5. The van der Waals surface area contributed by atoms with Crippen LogP contribution in [0.4, 0.5) is 0 Å². The van der Waals surface area contributed by atoms with E-state index < -0.39 is 17.7 Å². The number of cyclic esters (lactones) is 1. The Balaban J connectivity index is 1.46. The molecule has 0 fully saturated rings. The van der Waals surface area contributed by atoms with Crippen molar-refractivity contribution in [3.8, 4) is 5.75 Å². The number of esters is 1. The first-order valence-electron chi connectivity index (χ1n) is 11.2. The fraction of sp³-hybridized carbons (Fsp3) is 0.107. The number of hydrogen-bond acceptors (Lipinski definition) is 5. The SMILES string of the molecule is O=C1C=C(NC(=O)C(=O)c2cn(Cc3ccc(Cl)cc3)c3cc(OCc4ccccc4)ccc23)CO1. The van der Waals surface area contributed by atoms with Crippen LogP contribution in [0.5, 0.6) is 5.75 Å². The Bertz CT molecular complexity index is 1490. The maximum atomic E-state index is 13.1. The second-order valence-corrected chi connectivity index (χ2v) is 8.75. The summed E-state index contributed by atoms with van der Waals surface area (Å²) < 4.78 is 12.7. The van der Waals surface area contributed by atoms with Crippen molar-refractivity contribution in [3.05, 3.63) is 112 Å². The van der Waals surface area contributed by atoms with E-state index in [2.05, 4.69) is 5.32 Å². The molecule has 0 bridgehead atoms. The van der Waals surface area contributed by atoms with Crippen molar-refractivity contribution in [2.45, 2.75) is 13.2 Å². The van der Waals surface area contributed by atoms with Crippen molar-refractivity contribution in [1.29, 1.82) is 0 Å². The van der Waals surface area contributed by atoms with Crippen LogP contribution in [0, 0.1) is 0 Å². The van der Waals surface area contributed by atoms with E-state index in [-0.39, 0.29) is 17.9 Å². The van der Waals surface area contributed by atoms with E-state index in [1.807, 2.05) is 53.1 Å². The number of ketones is 1. The summed E-state index contributed by atoms with van der Waals surface area (Å²) in [5.74, 6) is -1.47. The summed E-state index contributed by atoms with van der Waals surface area (Å²) in [6.07, 6.45) is 2.82. The molecule has 0 aliphatic carbocycles. The number of ether oxygens (including phenoxy) is 2. The molecule has 36 heavy (non-hydrogen) atoms. The minimum absolute atomic E-state index is 0.0711. The molecule has 0 atom stereocenters. The Morgan fingerprint density at radius 3 is 2.50 bits per heavy atom. The second kappa shape index (κ2) is 10.1. The average Bonchev–Trinajstić information content (AvgIpc) is 3.47. The van der Waals surface area contributed by atoms with Gasteiger partial charge in [-0.3, -0.25) is 9.59 Å². The lowest BCUT2D eigenvalue weighted by molar-refractivity contribution is -0.135. The minimum atomic E-state index is -0.838. The Morgan fingerprint density at radius 2 is 1.78 bits per heavy atom. The van der Waals surface area contributed by atoms with Crippen LogP contribution in [0.2, 0.25) is 5.02 Å². The summed E-state index contributed by atoms with van der Waals surface area (Å²) in [5.41, 5.74) is 3.24. The number of hydrogen-bond donors (Lipinski definition) is 1. The van der Waals surface area contributed by atoms with Crippen molar-refractivity contribution >= 4 is 40.2 Å². The van der Waals surface area contributed by atoms with Gasteiger partial charge in [0.25, 0.3) is 11.7 Å². The monoisotopic (exact) mass is 500 g/mol. The molecular weight excluding hydrogens is 480 g/mol. The van der Waals surface area contributed by atoms with Gasteiger partial charge in [-0.15, -0.1) is 0 Å². The zero-order chi connectivity index (χ0) is 25.1. The van der Waals surface area contributed by atoms with Crippen molar-refractivity contribution in [3.63, 3.8) is 0 Å². The number of carbonyl (C=O) groups excluding carboxylic acids is 3. The molecule has 3 aromatic carbocycles. The average molecular weight is 501 g/mol. The maximum absolute atomic E-state index is 13.1. The molecule has 1 aromatic heterocycles. The normalized spacial score (nSPS) is 12.8. The van der Waals surface area contributed by atoms with Gasteiger partial charge in [-0.05, 0) is 35.4 Å². The van der Waals surface area contributed by atoms with Crippen LogP contribution in [0.15, 0.2) is 90.8 Å². The van der Waals surface area contributed by atoms with Crippen LogP contribution < -0.4 is 10.1 Å². The molecule has 7 nitrogen and oxygen atoms in total. The van der Waals surface area contributed by atoms with E-state index in [1.54, 1.807) is 30.5 Å². The van der Waals surface area contributed by atoms with Crippen LogP contribution in [-0.4, -0.2) is 28.8 Å². The van der Waals surface area contributed by atoms with Gasteiger partial charge < -0.3 is 19.4 Å². The van der Waals surface area contributed by atoms with Gasteiger partial charge in [-0.25, -0.2) is 4.79 Å². The number of carbonyl (C=O) groups is 3. The third-order valence-corrected chi connectivity index (χ3v) is 6.01. The number of amides is 1. The van der Waals surface area contributed by atoms with Gasteiger partial charge in [0.2, 0.25) is 0 Å². The van der Waals surface area contributed by atoms with Crippen molar-refractivity contribution in [1.82, 2.24) is 9.88 Å². The largest absolute Gasteiger partial charge is 0.489 e. The molecule has 4 aromatic rings. The highest BCUT2D eigenvalue weighted by Gasteiger charge is 2.24. The van der Waals surface area contributed by atoms with Crippen LogP contribution in [0.3, 0.4) is 0 Å². The molecule has 0 saturated heterocycles. The lowest BCUT2D eigenvalue weighted by Gasteiger charge is -2.09. The minimum Gasteiger partial charge on any atom is -0.489 e. The summed E-state index contributed by atoms with van der Waals surface area (Å²) >= 11 is 6.03. The number of Topliss-reactive ketones (excluding diaryl/α,β-unsaturated/α-hetero) is 1. The first-order chi connectivity index (χ1) is 17.5. The summed E-state index contributed by atoms with van der Waals surface area (Å²) in [6.45, 7) is 0.783. The van der Waals surface area contributed by atoms with E-state index in [0.29, 0.717) is 29.3 Å². The summed E-state index contributed by atoms with van der Waals surface area (Å²) in [4.78, 5) is 37.0. The predicted molar refractivity (Wildman–Crippen MR) is 135 cm³/mol. The molecule has 0 spiro atoms. The standard InChI is InChI=1S/C28H21ClN2O5/c29-20-8-6-18(7-9-20)14-31-15-24(27(33)28(34)30-21-12-26(32)36-17-21)23-11-10-22(13-25(23)31)35-16-19-4-2-1-3-5-19/h1-13,15H,14,16-17H2,(H,30,34). The highest BCUT2D eigenvalue weighted by molar-refractivity contribution is 6.45. The number of benzene rings is 3. The smallest absolute Gasteiger partial charge is 0.333 e. The first-order valence-corrected chi connectivity index (χ1v) is 11.6.